The van der Waals surface area contributed by atoms with Crippen LogP contribution in [0.3, 0.4) is 0 Å². The van der Waals surface area contributed by atoms with Crippen LogP contribution >= 0.6 is 23.2 Å². The summed E-state index contributed by atoms with van der Waals surface area (Å²) in [5.74, 6) is 0. The number of benzene rings is 1. The number of allylic oxidation sites excluding steroid dienone is 1. The lowest BCUT2D eigenvalue weighted by Crippen LogP contribution is -1.92. The predicted molar refractivity (Wildman–Crippen MR) is 65.2 cm³/mol. The second-order valence-corrected chi connectivity index (χ2v) is 4.00. The molecule has 78 valence electrons. The van der Waals surface area contributed by atoms with E-state index >= 15 is 0 Å². The Morgan fingerprint density at radius 3 is 2.67 bits per heavy atom. The molecule has 0 aliphatic rings. The molecule has 1 aromatic carbocycles. The van der Waals surface area contributed by atoms with Crippen LogP contribution in [0.25, 0.3) is 4.85 Å². The maximum absolute atomic E-state index is 7.11. The third-order valence-corrected chi connectivity index (χ3v) is 2.87. The second-order valence-electron chi connectivity index (χ2n) is 3.18. The predicted octanol–water partition coefficient (Wildman–Crippen LogP) is 4.92. The first-order valence-electron chi connectivity index (χ1n) is 4.61. The van der Waals surface area contributed by atoms with Crippen LogP contribution in [0.1, 0.15) is 24.4 Å². The van der Waals surface area contributed by atoms with Crippen molar-refractivity contribution in [3.05, 3.63) is 57.9 Å². The summed E-state index contributed by atoms with van der Waals surface area (Å²) in [5, 5.41) is 1.02. The standard InChI is InChI=1S/C12H11Cl2N/c1-3-4-5-12(15-2)9-6-7-10(13)11(14)8-9/h3,6-8,12H,1,4-5H2. The molecular weight excluding hydrogens is 229 g/mol. The molecule has 0 aliphatic carbocycles. The molecule has 0 N–H and O–H groups in total. The summed E-state index contributed by atoms with van der Waals surface area (Å²) in [6.07, 6.45) is 3.41. The molecule has 0 fully saturated rings. The van der Waals surface area contributed by atoms with Crippen molar-refractivity contribution >= 4 is 23.2 Å². The topological polar surface area (TPSA) is 4.36 Å². The average molecular weight is 240 g/mol. The van der Waals surface area contributed by atoms with Crippen molar-refractivity contribution in [1.29, 1.82) is 0 Å². The Labute approximate surface area is 100 Å². The van der Waals surface area contributed by atoms with Gasteiger partial charge in [-0.3, -0.25) is 0 Å². The molecule has 0 aliphatic heterocycles. The third-order valence-electron chi connectivity index (χ3n) is 2.13. The highest BCUT2D eigenvalue weighted by Gasteiger charge is 2.15. The molecule has 1 atom stereocenters. The molecule has 1 unspecified atom stereocenters. The largest absolute Gasteiger partial charge is 0.308 e. The SMILES string of the molecule is [C-]#[N+]C(CCC=C)c1ccc(Cl)c(Cl)c1. The second kappa shape index (κ2) is 5.80. The molecule has 15 heavy (non-hydrogen) atoms. The minimum absolute atomic E-state index is 0.155. The van der Waals surface area contributed by atoms with Crippen LogP contribution in [0.4, 0.5) is 0 Å². The first-order valence-corrected chi connectivity index (χ1v) is 5.37. The van der Waals surface area contributed by atoms with Gasteiger partial charge in [-0.25, -0.2) is 6.57 Å². The Balaban J connectivity index is 2.88. The van der Waals surface area contributed by atoms with Crippen LogP contribution < -0.4 is 0 Å². The van der Waals surface area contributed by atoms with E-state index in [2.05, 4.69) is 11.4 Å². The number of rotatable bonds is 4. The fraction of sp³-hybridized carbons (Fsp3) is 0.250. The summed E-state index contributed by atoms with van der Waals surface area (Å²) in [6, 6.07) is 5.18. The van der Waals surface area contributed by atoms with Gasteiger partial charge in [-0.1, -0.05) is 29.3 Å². The number of hydrogen-bond donors (Lipinski definition) is 0. The van der Waals surface area contributed by atoms with Gasteiger partial charge >= 0.3 is 0 Å². The average Bonchev–Trinajstić information content (AvgIpc) is 2.24. The van der Waals surface area contributed by atoms with Gasteiger partial charge in [0, 0.05) is 12.0 Å². The molecule has 0 radical (unpaired) electrons. The summed E-state index contributed by atoms with van der Waals surface area (Å²) >= 11 is 11.7. The van der Waals surface area contributed by atoms with Crippen molar-refractivity contribution in [3.8, 4) is 0 Å². The minimum atomic E-state index is -0.155. The summed E-state index contributed by atoms with van der Waals surface area (Å²) in [7, 11) is 0. The van der Waals surface area contributed by atoms with Gasteiger partial charge in [0.1, 0.15) is 0 Å². The normalized spacial score (nSPS) is 11.8. The molecule has 1 nitrogen and oxygen atoms in total. The van der Waals surface area contributed by atoms with E-state index in [-0.39, 0.29) is 6.04 Å². The highest BCUT2D eigenvalue weighted by molar-refractivity contribution is 6.42. The van der Waals surface area contributed by atoms with E-state index in [1.165, 1.54) is 0 Å². The van der Waals surface area contributed by atoms with Gasteiger partial charge in [-0.2, -0.15) is 0 Å². The van der Waals surface area contributed by atoms with Crippen molar-refractivity contribution in [2.75, 3.05) is 0 Å². The third kappa shape index (κ3) is 3.27. The summed E-state index contributed by atoms with van der Waals surface area (Å²) < 4.78 is 0. The molecule has 0 saturated carbocycles. The van der Waals surface area contributed by atoms with E-state index in [0.29, 0.717) is 10.0 Å². The van der Waals surface area contributed by atoms with E-state index in [9.17, 15) is 0 Å². The van der Waals surface area contributed by atoms with Crippen molar-refractivity contribution in [1.82, 2.24) is 0 Å². The Morgan fingerprint density at radius 1 is 1.40 bits per heavy atom. The van der Waals surface area contributed by atoms with Crippen LogP contribution in [0.15, 0.2) is 30.9 Å². The molecule has 0 bridgehead atoms. The zero-order chi connectivity index (χ0) is 11.3. The fourth-order valence-electron chi connectivity index (χ4n) is 1.30. The quantitative estimate of drug-likeness (QED) is 0.519. The van der Waals surface area contributed by atoms with Crippen molar-refractivity contribution in [2.24, 2.45) is 0 Å². The Morgan fingerprint density at radius 2 is 2.13 bits per heavy atom. The molecule has 0 amide bonds. The smallest absolute Gasteiger partial charge is 0.249 e. The highest BCUT2D eigenvalue weighted by atomic mass is 35.5. The lowest BCUT2D eigenvalue weighted by Gasteiger charge is -2.05. The monoisotopic (exact) mass is 239 g/mol. The maximum Gasteiger partial charge on any atom is 0.249 e. The molecule has 0 saturated heterocycles. The Kier molecular flexibility index (Phi) is 4.68. The summed E-state index contributed by atoms with van der Waals surface area (Å²) in [6.45, 7) is 10.8. The lowest BCUT2D eigenvalue weighted by atomic mass is 10.0. The summed E-state index contributed by atoms with van der Waals surface area (Å²) in [5.41, 5.74) is 0.918. The first kappa shape index (κ1) is 12.1. The fourth-order valence-corrected chi connectivity index (χ4v) is 1.61. The summed E-state index contributed by atoms with van der Waals surface area (Å²) in [4.78, 5) is 3.57. The number of hydrogen-bond acceptors (Lipinski definition) is 0. The van der Waals surface area contributed by atoms with Crippen molar-refractivity contribution in [3.63, 3.8) is 0 Å². The number of halogens is 2. The molecule has 1 aromatic rings. The lowest BCUT2D eigenvalue weighted by molar-refractivity contribution is 0.747. The van der Waals surface area contributed by atoms with Gasteiger partial charge in [0.25, 0.3) is 0 Å². The first-order chi connectivity index (χ1) is 7.19. The van der Waals surface area contributed by atoms with Gasteiger partial charge < -0.3 is 4.85 Å². The van der Waals surface area contributed by atoms with Crippen LogP contribution in [0.2, 0.25) is 10.0 Å². The van der Waals surface area contributed by atoms with E-state index in [1.807, 2.05) is 12.1 Å². The van der Waals surface area contributed by atoms with E-state index in [1.54, 1.807) is 12.1 Å². The van der Waals surface area contributed by atoms with Crippen LogP contribution in [0.5, 0.6) is 0 Å². The molecular formula is C12H11Cl2N. The molecule has 1 rings (SSSR count). The Bertz CT molecular complexity index is 393. The Hall–Kier alpha value is -0.970. The maximum atomic E-state index is 7.11. The molecule has 0 aromatic heterocycles. The van der Waals surface area contributed by atoms with Gasteiger partial charge in [0.2, 0.25) is 6.04 Å². The van der Waals surface area contributed by atoms with Crippen molar-refractivity contribution < 1.29 is 0 Å². The minimum Gasteiger partial charge on any atom is -0.308 e. The zero-order valence-corrected chi connectivity index (χ0v) is 9.72. The molecule has 0 spiro atoms. The van der Waals surface area contributed by atoms with Gasteiger partial charge in [-0.05, 0) is 24.6 Å². The van der Waals surface area contributed by atoms with E-state index < -0.39 is 0 Å². The highest BCUT2D eigenvalue weighted by Crippen LogP contribution is 2.29. The van der Waals surface area contributed by atoms with Gasteiger partial charge in [0.15, 0.2) is 0 Å². The van der Waals surface area contributed by atoms with Crippen molar-refractivity contribution in [2.45, 2.75) is 18.9 Å². The van der Waals surface area contributed by atoms with E-state index in [0.717, 1.165) is 18.4 Å². The van der Waals surface area contributed by atoms with Crippen LogP contribution in [0, 0.1) is 6.57 Å². The molecule has 3 heteroatoms. The van der Waals surface area contributed by atoms with Crippen LogP contribution in [-0.2, 0) is 0 Å². The van der Waals surface area contributed by atoms with Crippen LogP contribution in [-0.4, -0.2) is 0 Å². The van der Waals surface area contributed by atoms with Gasteiger partial charge in [-0.15, -0.1) is 6.58 Å². The van der Waals surface area contributed by atoms with Gasteiger partial charge in [0.05, 0.1) is 10.0 Å². The zero-order valence-electron chi connectivity index (χ0n) is 8.21. The number of nitrogens with zero attached hydrogens (tertiary/aromatic N) is 1. The molecule has 0 heterocycles. The van der Waals surface area contributed by atoms with E-state index in [4.69, 9.17) is 29.8 Å².